The molecule has 19 heteroatoms. The Balaban J connectivity index is 1.26. The second-order valence-electron chi connectivity index (χ2n) is 17.0. The molecule has 0 radical (unpaired) electrons. The maximum absolute atomic E-state index is 13.3. The maximum Gasteiger partial charge on any atom is 0.356 e. The third-order valence-electron chi connectivity index (χ3n) is 12.3. The SMILES string of the molecule is CCOC(=O)c1cc(-c2cccn2C)cc(CN2CCN(Cc3cc(-c4ccc(C(=O)OC)n4C)cc(C(=O)OCC)n3)CCN(Cc3cc(-c4ccc(C(=O)OC)n4C)cc(C(=O)OCC)n3)CC2)n1. The molecule has 0 atom stereocenters. The lowest BCUT2D eigenvalue weighted by atomic mass is 10.1. The molecule has 0 aliphatic carbocycles. The first-order valence-corrected chi connectivity index (χ1v) is 23.6. The van der Waals surface area contributed by atoms with Gasteiger partial charge in [-0.05, 0) is 93.6 Å². The number of esters is 5. The molecule has 7 heterocycles. The van der Waals surface area contributed by atoms with Crippen molar-refractivity contribution in [2.24, 2.45) is 21.1 Å². The molecule has 1 saturated heterocycles. The van der Waals surface area contributed by atoms with Crippen LogP contribution in [0.2, 0.25) is 0 Å². The van der Waals surface area contributed by atoms with Gasteiger partial charge in [-0.2, -0.15) is 0 Å². The Bertz CT molecular complexity index is 2760. The Morgan fingerprint density at radius 3 is 1.10 bits per heavy atom. The standard InChI is InChI=1S/C52H61N9O10/c1-9-69-48(62)40-28-34(43-13-12-18-56(43)4)25-37(53-40)31-59-19-21-60(32-38-26-35(29-41(54-38)49(63)70-10-2)44-14-16-46(57(44)5)51(65)67-7)23-24-61(22-20-59)33-39-27-36(30-42(55-39)50(64)71-11-3)45-15-17-47(58(45)6)52(66)68-8/h12-18,25-30H,9-11,19-24,31-33H2,1-8H3. The molecule has 0 saturated carbocycles. The van der Waals surface area contributed by atoms with E-state index in [1.165, 1.54) is 14.2 Å². The van der Waals surface area contributed by atoms with Gasteiger partial charge in [-0.1, -0.05) is 0 Å². The molecule has 0 N–H and O–H groups in total. The summed E-state index contributed by atoms with van der Waals surface area (Å²) >= 11 is 0. The second-order valence-corrected chi connectivity index (χ2v) is 17.0. The summed E-state index contributed by atoms with van der Waals surface area (Å²) < 4.78 is 31.7. The summed E-state index contributed by atoms with van der Waals surface area (Å²) in [5, 5.41) is 0. The fourth-order valence-corrected chi connectivity index (χ4v) is 8.71. The minimum absolute atomic E-state index is 0.134. The van der Waals surface area contributed by atoms with Crippen LogP contribution in [0.15, 0.2) is 79.0 Å². The van der Waals surface area contributed by atoms with E-state index >= 15 is 0 Å². The number of methoxy groups -OCH3 is 2. The maximum atomic E-state index is 13.3. The first-order valence-electron chi connectivity index (χ1n) is 23.6. The Labute approximate surface area is 412 Å². The van der Waals surface area contributed by atoms with Gasteiger partial charge in [-0.25, -0.2) is 38.9 Å². The van der Waals surface area contributed by atoms with E-state index in [0.29, 0.717) is 110 Å². The molecule has 0 spiro atoms. The molecule has 0 amide bonds. The fourth-order valence-electron chi connectivity index (χ4n) is 8.71. The van der Waals surface area contributed by atoms with Gasteiger partial charge in [0, 0.05) is 120 Å². The van der Waals surface area contributed by atoms with Crippen LogP contribution in [0.25, 0.3) is 33.8 Å². The van der Waals surface area contributed by atoms with Crippen molar-refractivity contribution in [2.75, 3.05) is 73.3 Å². The summed E-state index contributed by atoms with van der Waals surface area (Å²) in [5.41, 5.74) is 7.56. The van der Waals surface area contributed by atoms with Gasteiger partial charge in [-0.15, -0.1) is 0 Å². The molecule has 1 aliphatic rings. The molecule has 6 aromatic rings. The lowest BCUT2D eigenvalue weighted by Crippen LogP contribution is -2.36. The molecule has 19 nitrogen and oxygen atoms in total. The lowest BCUT2D eigenvalue weighted by Gasteiger charge is -2.26. The van der Waals surface area contributed by atoms with E-state index in [-0.39, 0.29) is 36.9 Å². The monoisotopic (exact) mass is 971 g/mol. The average Bonchev–Trinajstić information content (AvgIpc) is 4.11. The van der Waals surface area contributed by atoms with Crippen LogP contribution >= 0.6 is 0 Å². The Kier molecular flexibility index (Phi) is 16.9. The molecule has 0 aromatic carbocycles. The second kappa shape index (κ2) is 23.4. The van der Waals surface area contributed by atoms with Crippen LogP contribution in [0.5, 0.6) is 0 Å². The van der Waals surface area contributed by atoms with Crippen LogP contribution in [-0.4, -0.2) is 147 Å². The van der Waals surface area contributed by atoms with E-state index in [2.05, 4.69) is 14.7 Å². The van der Waals surface area contributed by atoms with Crippen molar-refractivity contribution in [2.45, 2.75) is 40.4 Å². The number of hydrogen-bond acceptors (Lipinski definition) is 16. The van der Waals surface area contributed by atoms with Crippen molar-refractivity contribution < 1.29 is 47.7 Å². The molecule has 7 rings (SSSR count). The molecule has 0 unspecified atom stereocenters. The Morgan fingerprint density at radius 1 is 0.465 bits per heavy atom. The van der Waals surface area contributed by atoms with E-state index in [1.54, 1.807) is 86.5 Å². The number of nitrogens with zero attached hydrogens (tertiary/aromatic N) is 9. The zero-order valence-corrected chi connectivity index (χ0v) is 41.6. The number of carbonyl (C=O) groups excluding carboxylic acids is 5. The van der Waals surface area contributed by atoms with Crippen molar-refractivity contribution in [1.82, 2.24) is 43.4 Å². The highest BCUT2D eigenvalue weighted by atomic mass is 16.5. The van der Waals surface area contributed by atoms with Crippen molar-refractivity contribution in [3.8, 4) is 33.8 Å². The van der Waals surface area contributed by atoms with Crippen LogP contribution in [0, 0.1) is 0 Å². The van der Waals surface area contributed by atoms with Gasteiger partial charge < -0.3 is 37.4 Å². The quantitative estimate of drug-likeness (QED) is 0.0784. The van der Waals surface area contributed by atoms with E-state index in [1.807, 2.05) is 48.1 Å². The summed E-state index contributed by atoms with van der Waals surface area (Å²) in [7, 11) is 8.12. The van der Waals surface area contributed by atoms with Crippen molar-refractivity contribution >= 4 is 29.8 Å². The average molecular weight is 972 g/mol. The number of carbonyl (C=O) groups is 5. The molecule has 1 aliphatic heterocycles. The molecule has 0 bridgehead atoms. The van der Waals surface area contributed by atoms with Gasteiger partial charge >= 0.3 is 29.8 Å². The number of rotatable bonds is 17. The summed E-state index contributed by atoms with van der Waals surface area (Å²) in [6, 6.07) is 21.8. The first-order chi connectivity index (χ1) is 34.2. The summed E-state index contributed by atoms with van der Waals surface area (Å²) in [6.07, 6.45) is 1.95. The number of aromatic nitrogens is 6. The van der Waals surface area contributed by atoms with Gasteiger partial charge in [-0.3, -0.25) is 14.7 Å². The minimum atomic E-state index is -0.569. The van der Waals surface area contributed by atoms with Crippen LogP contribution in [0.3, 0.4) is 0 Å². The fraction of sp³-hybridized carbons (Fsp3) is 0.385. The van der Waals surface area contributed by atoms with Crippen LogP contribution in [0.1, 0.15) is 90.3 Å². The molecule has 374 valence electrons. The van der Waals surface area contributed by atoms with Gasteiger partial charge in [0.05, 0.1) is 51.1 Å². The Morgan fingerprint density at radius 2 is 0.803 bits per heavy atom. The van der Waals surface area contributed by atoms with Gasteiger partial charge in [0.1, 0.15) is 28.5 Å². The smallest absolute Gasteiger partial charge is 0.356 e. The summed E-state index contributed by atoms with van der Waals surface area (Å²) in [6.45, 7) is 10.4. The minimum Gasteiger partial charge on any atom is -0.464 e. The van der Waals surface area contributed by atoms with E-state index in [4.69, 9.17) is 38.6 Å². The highest BCUT2D eigenvalue weighted by Crippen LogP contribution is 2.28. The molecular formula is C52H61N9O10. The van der Waals surface area contributed by atoms with Crippen LogP contribution in [0.4, 0.5) is 0 Å². The predicted molar refractivity (Wildman–Crippen MR) is 262 cm³/mol. The molecule has 6 aromatic heterocycles. The van der Waals surface area contributed by atoms with Gasteiger partial charge in [0.25, 0.3) is 0 Å². The summed E-state index contributed by atoms with van der Waals surface area (Å²) in [5.74, 6) is -2.62. The van der Waals surface area contributed by atoms with E-state index < -0.39 is 29.8 Å². The van der Waals surface area contributed by atoms with Gasteiger partial charge in [0.15, 0.2) is 0 Å². The molecular weight excluding hydrogens is 911 g/mol. The molecule has 71 heavy (non-hydrogen) atoms. The van der Waals surface area contributed by atoms with Crippen molar-refractivity contribution in [3.63, 3.8) is 0 Å². The third kappa shape index (κ3) is 12.3. The van der Waals surface area contributed by atoms with Crippen LogP contribution in [-0.2, 0) is 64.5 Å². The van der Waals surface area contributed by atoms with Crippen LogP contribution < -0.4 is 0 Å². The molecule has 1 fully saturated rings. The third-order valence-corrected chi connectivity index (χ3v) is 12.3. The van der Waals surface area contributed by atoms with Crippen molar-refractivity contribution in [1.29, 1.82) is 0 Å². The highest BCUT2D eigenvalue weighted by molar-refractivity contribution is 5.92. The predicted octanol–water partition coefficient (Wildman–Crippen LogP) is 5.81. The first kappa shape index (κ1) is 51.4. The normalized spacial score (nSPS) is 13.7. The largest absolute Gasteiger partial charge is 0.464 e. The number of ether oxygens (including phenoxy) is 5. The van der Waals surface area contributed by atoms with Gasteiger partial charge in [0.2, 0.25) is 0 Å². The summed E-state index contributed by atoms with van der Waals surface area (Å²) in [4.78, 5) is 86.3. The zero-order chi connectivity index (χ0) is 50.8. The lowest BCUT2D eigenvalue weighted by molar-refractivity contribution is 0.0509. The topological polar surface area (TPSA) is 195 Å². The Hall–Kier alpha value is -7.48. The van der Waals surface area contributed by atoms with E-state index in [0.717, 1.165) is 11.3 Å². The zero-order valence-electron chi connectivity index (χ0n) is 41.6. The van der Waals surface area contributed by atoms with Crippen molar-refractivity contribution in [3.05, 3.63) is 125 Å². The number of pyridine rings is 3. The van der Waals surface area contributed by atoms with E-state index in [9.17, 15) is 24.0 Å². The number of aryl methyl sites for hydroxylation is 1. The highest BCUT2D eigenvalue weighted by Gasteiger charge is 2.24. The number of hydrogen-bond donors (Lipinski definition) is 0.